The van der Waals surface area contributed by atoms with E-state index in [0.717, 1.165) is 6.04 Å². The van der Waals surface area contributed by atoms with Gasteiger partial charge in [-0.05, 0) is 63.5 Å². The van der Waals surface area contributed by atoms with Crippen molar-refractivity contribution in [1.29, 1.82) is 0 Å². The highest BCUT2D eigenvalue weighted by Crippen LogP contribution is 2.35. The van der Waals surface area contributed by atoms with Gasteiger partial charge < -0.3 is 5.32 Å². The topological polar surface area (TPSA) is 18.5 Å². The van der Waals surface area contributed by atoms with Crippen LogP contribution in [0.15, 0.2) is 24.3 Å². The molecule has 1 aliphatic carbocycles. The van der Waals surface area contributed by atoms with Gasteiger partial charge in [-0.15, -0.1) is 0 Å². The van der Waals surface area contributed by atoms with Crippen molar-refractivity contribution < 1.29 is 0 Å². The minimum absolute atomic E-state index is 0.508. The summed E-state index contributed by atoms with van der Waals surface area (Å²) in [5.74, 6) is 0. The predicted octanol–water partition coefficient (Wildman–Crippen LogP) is 2.04. The summed E-state index contributed by atoms with van der Waals surface area (Å²) in [4.78, 5) is 5.52. The molecule has 1 aromatic rings. The highest BCUT2D eigenvalue weighted by molar-refractivity contribution is 5.37. The molecule has 1 aromatic carbocycles. The lowest BCUT2D eigenvalue weighted by Crippen LogP contribution is -2.46. The molecule has 0 saturated carbocycles. The van der Waals surface area contributed by atoms with Crippen molar-refractivity contribution in [2.75, 3.05) is 33.2 Å². The van der Waals surface area contributed by atoms with Gasteiger partial charge in [0.1, 0.15) is 0 Å². The van der Waals surface area contributed by atoms with Crippen molar-refractivity contribution in [3.8, 4) is 0 Å². The molecule has 0 amide bonds. The average Bonchev–Trinajstić information content (AvgIpc) is 3.05. The maximum absolute atomic E-state index is 3.59. The summed E-state index contributed by atoms with van der Waals surface area (Å²) in [6.07, 6.45) is 5.35. The largest absolute Gasteiger partial charge is 0.312 e. The molecule has 3 unspecified atom stereocenters. The van der Waals surface area contributed by atoms with E-state index in [4.69, 9.17) is 0 Å². The summed E-state index contributed by atoms with van der Waals surface area (Å²) in [6.45, 7) is 5.19. The molecular formula is C18H27N3. The number of rotatable bonds is 2. The second kappa shape index (κ2) is 5.71. The quantitative estimate of drug-likeness (QED) is 0.897. The number of likely N-dealkylation sites (N-methyl/N-ethyl adjacent to an activating group) is 1. The van der Waals surface area contributed by atoms with Crippen LogP contribution in [0, 0.1) is 0 Å². The molecule has 3 atom stereocenters. The number of hydrogen-bond donors (Lipinski definition) is 1. The molecule has 2 heterocycles. The number of nitrogens with zero attached hydrogens (tertiary/aromatic N) is 2. The zero-order valence-electron chi connectivity index (χ0n) is 13.1. The minimum Gasteiger partial charge on any atom is -0.312 e. The Morgan fingerprint density at radius 3 is 2.76 bits per heavy atom. The fraction of sp³-hybridized carbons (Fsp3) is 0.667. The van der Waals surface area contributed by atoms with E-state index >= 15 is 0 Å². The minimum atomic E-state index is 0.508. The standard InChI is InChI=1S/C18H27N3/c1-19-18-16-8-3-2-6-14(16)12-17(18)21-11-5-10-20-9-4-7-15(20)13-21/h2-3,6,8,15,17-19H,4-5,7,9-13H2,1H3. The smallest absolute Gasteiger partial charge is 0.0481 e. The van der Waals surface area contributed by atoms with Gasteiger partial charge in [0.25, 0.3) is 0 Å². The van der Waals surface area contributed by atoms with Crippen LogP contribution >= 0.6 is 0 Å². The zero-order valence-corrected chi connectivity index (χ0v) is 13.1. The van der Waals surface area contributed by atoms with Gasteiger partial charge in [-0.1, -0.05) is 24.3 Å². The highest BCUT2D eigenvalue weighted by atomic mass is 15.3. The Balaban J connectivity index is 1.56. The molecule has 3 nitrogen and oxygen atoms in total. The van der Waals surface area contributed by atoms with Crippen LogP contribution in [0.2, 0.25) is 0 Å². The maximum atomic E-state index is 3.59. The van der Waals surface area contributed by atoms with Crippen LogP contribution in [0.1, 0.15) is 36.4 Å². The average molecular weight is 285 g/mol. The Kier molecular flexibility index (Phi) is 3.74. The summed E-state index contributed by atoms with van der Waals surface area (Å²) in [5, 5.41) is 3.59. The predicted molar refractivity (Wildman–Crippen MR) is 86.5 cm³/mol. The number of fused-ring (bicyclic) bond motifs is 2. The Morgan fingerprint density at radius 1 is 1.05 bits per heavy atom. The van der Waals surface area contributed by atoms with E-state index in [1.54, 1.807) is 5.56 Å². The van der Waals surface area contributed by atoms with E-state index in [9.17, 15) is 0 Å². The van der Waals surface area contributed by atoms with E-state index in [1.807, 2.05) is 0 Å². The van der Waals surface area contributed by atoms with Gasteiger partial charge in [0, 0.05) is 24.7 Å². The monoisotopic (exact) mass is 285 g/mol. The molecule has 2 fully saturated rings. The van der Waals surface area contributed by atoms with Crippen LogP contribution in [0.3, 0.4) is 0 Å². The molecule has 0 aromatic heterocycles. The molecule has 114 valence electrons. The van der Waals surface area contributed by atoms with Gasteiger partial charge in [0.2, 0.25) is 0 Å². The molecule has 2 saturated heterocycles. The molecule has 3 heteroatoms. The molecule has 21 heavy (non-hydrogen) atoms. The van der Waals surface area contributed by atoms with Crippen LogP contribution in [-0.4, -0.2) is 55.1 Å². The molecule has 0 radical (unpaired) electrons. The fourth-order valence-corrected chi connectivity index (χ4v) is 4.80. The van der Waals surface area contributed by atoms with Crippen LogP contribution in [0.25, 0.3) is 0 Å². The van der Waals surface area contributed by atoms with Crippen LogP contribution in [0.5, 0.6) is 0 Å². The van der Waals surface area contributed by atoms with Gasteiger partial charge in [-0.2, -0.15) is 0 Å². The first-order chi connectivity index (χ1) is 10.4. The van der Waals surface area contributed by atoms with Crippen molar-refractivity contribution in [3.63, 3.8) is 0 Å². The first kappa shape index (κ1) is 13.7. The van der Waals surface area contributed by atoms with E-state index < -0.39 is 0 Å². The van der Waals surface area contributed by atoms with Crippen LogP contribution < -0.4 is 5.32 Å². The molecule has 1 N–H and O–H groups in total. The fourth-order valence-electron chi connectivity index (χ4n) is 4.80. The van der Waals surface area contributed by atoms with Crippen molar-refractivity contribution in [2.24, 2.45) is 0 Å². The molecule has 2 aliphatic heterocycles. The number of hydrogen-bond acceptors (Lipinski definition) is 3. The van der Waals surface area contributed by atoms with Gasteiger partial charge in [-0.3, -0.25) is 9.80 Å². The normalized spacial score (nSPS) is 33.7. The van der Waals surface area contributed by atoms with Gasteiger partial charge in [-0.25, -0.2) is 0 Å². The Bertz CT molecular complexity index is 501. The lowest BCUT2D eigenvalue weighted by Gasteiger charge is -2.34. The van der Waals surface area contributed by atoms with Crippen LogP contribution in [0.4, 0.5) is 0 Å². The first-order valence-corrected chi connectivity index (χ1v) is 8.60. The molecule has 3 aliphatic rings. The number of benzene rings is 1. The Labute approximate surface area is 128 Å². The SMILES string of the molecule is CNC1c2ccccc2CC1N1CCCN2CCCC2C1. The van der Waals surface area contributed by atoms with Crippen molar-refractivity contribution in [1.82, 2.24) is 15.1 Å². The van der Waals surface area contributed by atoms with E-state index in [2.05, 4.69) is 46.4 Å². The first-order valence-electron chi connectivity index (χ1n) is 8.60. The third kappa shape index (κ3) is 2.41. The lowest BCUT2D eigenvalue weighted by molar-refractivity contribution is 0.152. The summed E-state index contributed by atoms with van der Waals surface area (Å²) in [6, 6.07) is 11.0. The van der Waals surface area contributed by atoms with E-state index in [-0.39, 0.29) is 0 Å². The van der Waals surface area contributed by atoms with Gasteiger partial charge in [0.05, 0.1) is 0 Å². The maximum Gasteiger partial charge on any atom is 0.0481 e. The van der Waals surface area contributed by atoms with Crippen molar-refractivity contribution >= 4 is 0 Å². The van der Waals surface area contributed by atoms with E-state index in [1.165, 1.54) is 57.4 Å². The summed E-state index contributed by atoms with van der Waals surface area (Å²) < 4.78 is 0. The van der Waals surface area contributed by atoms with Crippen LogP contribution in [-0.2, 0) is 6.42 Å². The molecule has 4 rings (SSSR count). The van der Waals surface area contributed by atoms with Crippen molar-refractivity contribution in [3.05, 3.63) is 35.4 Å². The zero-order chi connectivity index (χ0) is 14.2. The highest BCUT2D eigenvalue weighted by Gasteiger charge is 2.38. The van der Waals surface area contributed by atoms with Gasteiger partial charge in [0.15, 0.2) is 0 Å². The second-order valence-corrected chi connectivity index (χ2v) is 6.92. The number of nitrogens with one attached hydrogen (secondary N) is 1. The third-order valence-electron chi connectivity index (χ3n) is 5.82. The lowest BCUT2D eigenvalue weighted by atomic mass is 10.1. The summed E-state index contributed by atoms with van der Waals surface area (Å²) in [5.41, 5.74) is 3.08. The van der Waals surface area contributed by atoms with E-state index in [0.29, 0.717) is 12.1 Å². The second-order valence-electron chi connectivity index (χ2n) is 6.92. The Morgan fingerprint density at radius 2 is 1.86 bits per heavy atom. The summed E-state index contributed by atoms with van der Waals surface area (Å²) >= 11 is 0. The summed E-state index contributed by atoms with van der Waals surface area (Å²) in [7, 11) is 2.12. The third-order valence-corrected chi connectivity index (χ3v) is 5.82. The Hall–Kier alpha value is -0.900. The molecular weight excluding hydrogens is 258 g/mol. The van der Waals surface area contributed by atoms with Crippen molar-refractivity contribution in [2.45, 2.75) is 43.8 Å². The van der Waals surface area contributed by atoms with Gasteiger partial charge >= 0.3 is 0 Å². The molecule has 0 bridgehead atoms. The molecule has 0 spiro atoms.